The molecule has 2 N–H and O–H groups in total. The third-order valence-corrected chi connectivity index (χ3v) is 4.49. The van der Waals surface area contributed by atoms with Crippen LogP contribution in [0.2, 0.25) is 0 Å². The monoisotopic (exact) mass is 379 g/mol. The first-order valence-electron chi connectivity index (χ1n) is 9.19. The van der Waals surface area contributed by atoms with Gasteiger partial charge in [-0.25, -0.2) is 9.67 Å². The summed E-state index contributed by atoms with van der Waals surface area (Å²) in [6.45, 7) is 7.28. The van der Waals surface area contributed by atoms with Gasteiger partial charge in [-0.3, -0.25) is 4.79 Å². The van der Waals surface area contributed by atoms with Crippen LogP contribution < -0.4 is 16.2 Å². The van der Waals surface area contributed by atoms with Gasteiger partial charge in [0, 0.05) is 25.7 Å². The molecule has 0 fully saturated rings. The minimum Gasteiger partial charge on any atom is -0.343 e. The maximum Gasteiger partial charge on any atom is 0.293 e. The Kier molecular flexibility index (Phi) is 5.21. The van der Waals surface area contributed by atoms with Crippen molar-refractivity contribution >= 4 is 17.0 Å². The zero-order chi connectivity index (χ0) is 20.5. The molecule has 0 saturated carbocycles. The first-order chi connectivity index (χ1) is 13.2. The molecule has 0 radical (unpaired) electrons. The molecule has 28 heavy (non-hydrogen) atoms. The number of hydrogen-bond donors (Lipinski definition) is 1. The van der Waals surface area contributed by atoms with Crippen molar-refractivity contribution in [3.05, 3.63) is 51.9 Å². The fraction of sp³-hybridized carbons (Fsp3) is 0.400. The Morgan fingerprint density at radius 2 is 2.04 bits per heavy atom. The Labute approximate surface area is 163 Å². The number of hydrogen-bond acceptors (Lipinski definition) is 6. The maximum atomic E-state index is 13.1. The van der Waals surface area contributed by atoms with Crippen LogP contribution in [-0.4, -0.2) is 38.5 Å². The fourth-order valence-electron chi connectivity index (χ4n) is 3.39. The van der Waals surface area contributed by atoms with Gasteiger partial charge in [-0.15, -0.1) is 0 Å². The Hall–Kier alpha value is -3.18. The summed E-state index contributed by atoms with van der Waals surface area (Å²) in [6.07, 6.45) is 1.60. The van der Waals surface area contributed by atoms with E-state index in [1.54, 1.807) is 18.3 Å². The largest absolute Gasteiger partial charge is 0.343 e. The van der Waals surface area contributed by atoms with Gasteiger partial charge in [-0.05, 0) is 32.4 Å². The number of nitrogens with zero attached hydrogens (tertiary/aromatic N) is 6. The van der Waals surface area contributed by atoms with E-state index in [4.69, 9.17) is 5.73 Å². The van der Waals surface area contributed by atoms with E-state index >= 15 is 0 Å². The molecule has 0 unspecified atom stereocenters. The van der Waals surface area contributed by atoms with Crippen molar-refractivity contribution < 1.29 is 0 Å². The summed E-state index contributed by atoms with van der Waals surface area (Å²) in [7, 11) is 1.91. The normalized spacial score (nSPS) is 11.6. The summed E-state index contributed by atoms with van der Waals surface area (Å²) in [4.78, 5) is 19.7. The Morgan fingerprint density at radius 3 is 2.68 bits per heavy atom. The molecule has 0 aliphatic heterocycles. The SMILES string of the molecule is CCn1c(N(C)CC(C)(C)N)nc2cnn(Cc3ccccc3C#N)c(=O)c21. The number of rotatable bonds is 6. The van der Waals surface area contributed by atoms with E-state index in [1.807, 2.05) is 49.4 Å². The molecule has 0 bridgehead atoms. The van der Waals surface area contributed by atoms with E-state index in [0.29, 0.717) is 35.6 Å². The quantitative estimate of drug-likeness (QED) is 0.699. The highest BCUT2D eigenvalue weighted by molar-refractivity contribution is 5.77. The van der Waals surface area contributed by atoms with Crippen LogP contribution in [0.1, 0.15) is 31.9 Å². The minimum atomic E-state index is -0.398. The van der Waals surface area contributed by atoms with Crippen molar-refractivity contribution in [2.24, 2.45) is 5.73 Å². The Bertz CT molecular complexity index is 1100. The number of likely N-dealkylation sites (N-methyl/N-ethyl adjacent to an activating group) is 1. The molecule has 0 aliphatic rings. The standard InChI is InChI=1S/C20H25N7O/c1-5-26-17-16(24-19(26)25(4)13-20(2,3)22)11-23-27(18(17)28)12-15-9-7-6-8-14(15)10-21/h6-9,11H,5,12-13,22H2,1-4H3. The molecule has 146 valence electrons. The number of aryl methyl sites for hydroxylation is 1. The van der Waals surface area contributed by atoms with Gasteiger partial charge in [0.05, 0.1) is 24.4 Å². The van der Waals surface area contributed by atoms with Gasteiger partial charge >= 0.3 is 0 Å². The molecule has 0 saturated heterocycles. The summed E-state index contributed by atoms with van der Waals surface area (Å²) in [5.41, 5.74) is 7.85. The summed E-state index contributed by atoms with van der Waals surface area (Å²) >= 11 is 0. The van der Waals surface area contributed by atoms with Gasteiger partial charge in [0.15, 0.2) is 0 Å². The van der Waals surface area contributed by atoms with Gasteiger partial charge in [0.25, 0.3) is 5.56 Å². The molecule has 1 aromatic carbocycles. The molecule has 3 aromatic rings. The molecule has 2 aromatic heterocycles. The minimum absolute atomic E-state index is 0.230. The fourth-order valence-corrected chi connectivity index (χ4v) is 3.39. The first kappa shape index (κ1) is 19.6. The lowest BCUT2D eigenvalue weighted by Crippen LogP contribution is -2.44. The highest BCUT2D eigenvalue weighted by atomic mass is 16.1. The molecule has 2 heterocycles. The highest BCUT2D eigenvalue weighted by Crippen LogP contribution is 2.20. The predicted molar refractivity (Wildman–Crippen MR) is 109 cm³/mol. The number of aromatic nitrogens is 4. The van der Waals surface area contributed by atoms with Crippen molar-refractivity contribution in [2.45, 2.75) is 39.4 Å². The van der Waals surface area contributed by atoms with E-state index < -0.39 is 5.54 Å². The summed E-state index contributed by atoms with van der Waals surface area (Å²) < 4.78 is 3.26. The average molecular weight is 379 g/mol. The van der Waals surface area contributed by atoms with E-state index in [1.165, 1.54) is 4.68 Å². The maximum absolute atomic E-state index is 13.1. The smallest absolute Gasteiger partial charge is 0.293 e. The lowest BCUT2D eigenvalue weighted by Gasteiger charge is -2.27. The third kappa shape index (κ3) is 3.75. The number of nitrogens with two attached hydrogens (primary N) is 1. The lowest BCUT2D eigenvalue weighted by atomic mass is 10.1. The molecule has 0 spiro atoms. The van der Waals surface area contributed by atoms with Gasteiger partial charge in [0.2, 0.25) is 5.95 Å². The zero-order valence-corrected chi connectivity index (χ0v) is 16.7. The van der Waals surface area contributed by atoms with Crippen LogP contribution in [0.4, 0.5) is 5.95 Å². The van der Waals surface area contributed by atoms with Crippen LogP contribution in [-0.2, 0) is 13.1 Å². The second-order valence-corrected chi connectivity index (χ2v) is 7.61. The number of fused-ring (bicyclic) bond motifs is 1. The van der Waals surface area contributed by atoms with Crippen molar-refractivity contribution in [3.8, 4) is 6.07 Å². The predicted octanol–water partition coefficient (Wildman–Crippen LogP) is 1.71. The van der Waals surface area contributed by atoms with E-state index in [-0.39, 0.29) is 12.1 Å². The third-order valence-electron chi connectivity index (χ3n) is 4.49. The van der Waals surface area contributed by atoms with Crippen LogP contribution in [0, 0.1) is 11.3 Å². The molecule has 0 amide bonds. The van der Waals surface area contributed by atoms with Crippen LogP contribution in [0.5, 0.6) is 0 Å². The molecule has 8 heteroatoms. The Morgan fingerprint density at radius 1 is 1.32 bits per heavy atom. The number of anilines is 1. The molecular formula is C20H25N7O. The van der Waals surface area contributed by atoms with Gasteiger partial charge in [-0.2, -0.15) is 10.4 Å². The average Bonchev–Trinajstić information content (AvgIpc) is 3.02. The van der Waals surface area contributed by atoms with E-state index in [9.17, 15) is 10.1 Å². The molecule has 3 rings (SSSR count). The van der Waals surface area contributed by atoms with Crippen molar-refractivity contribution in [2.75, 3.05) is 18.5 Å². The molecule has 8 nitrogen and oxygen atoms in total. The Balaban J connectivity index is 2.08. The first-order valence-corrected chi connectivity index (χ1v) is 9.19. The number of imidazole rings is 1. The molecule has 0 atom stereocenters. The lowest BCUT2D eigenvalue weighted by molar-refractivity contribution is 0.511. The summed E-state index contributed by atoms with van der Waals surface area (Å²) in [6, 6.07) is 9.36. The second-order valence-electron chi connectivity index (χ2n) is 7.61. The van der Waals surface area contributed by atoms with Gasteiger partial charge < -0.3 is 15.2 Å². The van der Waals surface area contributed by atoms with Crippen LogP contribution in [0.25, 0.3) is 11.0 Å². The topological polar surface area (TPSA) is 106 Å². The van der Waals surface area contributed by atoms with Crippen molar-refractivity contribution in [1.29, 1.82) is 5.26 Å². The number of benzene rings is 1. The van der Waals surface area contributed by atoms with E-state index in [0.717, 1.165) is 5.56 Å². The molecular weight excluding hydrogens is 354 g/mol. The van der Waals surface area contributed by atoms with Crippen molar-refractivity contribution in [1.82, 2.24) is 19.3 Å². The van der Waals surface area contributed by atoms with Gasteiger partial charge in [0.1, 0.15) is 11.0 Å². The highest BCUT2D eigenvalue weighted by Gasteiger charge is 2.21. The van der Waals surface area contributed by atoms with Crippen LogP contribution in [0.3, 0.4) is 0 Å². The number of nitriles is 1. The molecule has 0 aliphatic carbocycles. The summed E-state index contributed by atoms with van der Waals surface area (Å²) in [5, 5.41) is 13.6. The van der Waals surface area contributed by atoms with Crippen molar-refractivity contribution in [3.63, 3.8) is 0 Å². The van der Waals surface area contributed by atoms with E-state index in [2.05, 4.69) is 16.2 Å². The second kappa shape index (κ2) is 7.44. The summed E-state index contributed by atoms with van der Waals surface area (Å²) in [5.74, 6) is 0.685. The zero-order valence-electron chi connectivity index (χ0n) is 16.7. The van der Waals surface area contributed by atoms with Crippen LogP contribution in [0.15, 0.2) is 35.3 Å². The van der Waals surface area contributed by atoms with Gasteiger partial charge in [-0.1, -0.05) is 18.2 Å². The van der Waals surface area contributed by atoms with Crippen LogP contribution >= 0.6 is 0 Å².